The van der Waals surface area contributed by atoms with Gasteiger partial charge in [-0.2, -0.15) is 0 Å². The van der Waals surface area contributed by atoms with Gasteiger partial charge in [-0.05, 0) is 37.6 Å². The van der Waals surface area contributed by atoms with E-state index in [0.29, 0.717) is 30.0 Å². The number of hydrogen-bond acceptors (Lipinski definition) is 4. The van der Waals surface area contributed by atoms with E-state index in [1.807, 2.05) is 12.1 Å². The monoisotopic (exact) mass is 317 g/mol. The second-order valence-corrected chi connectivity index (χ2v) is 6.20. The van der Waals surface area contributed by atoms with Gasteiger partial charge in [0.15, 0.2) is 0 Å². The predicted octanol–water partition coefficient (Wildman–Crippen LogP) is 1.79. The van der Waals surface area contributed by atoms with E-state index in [1.165, 1.54) is 0 Å². The van der Waals surface area contributed by atoms with E-state index >= 15 is 0 Å². The van der Waals surface area contributed by atoms with Crippen LogP contribution in [0, 0.1) is 5.41 Å². The van der Waals surface area contributed by atoms with Crippen LogP contribution in [0.5, 0.6) is 11.5 Å². The number of nitrogens with zero attached hydrogens (tertiary/aromatic N) is 1. The molecule has 1 unspecified atom stereocenters. The van der Waals surface area contributed by atoms with Gasteiger partial charge in [0, 0.05) is 18.7 Å². The van der Waals surface area contributed by atoms with Crippen molar-refractivity contribution in [2.75, 3.05) is 26.8 Å². The third-order valence-electron chi connectivity index (χ3n) is 4.48. The highest BCUT2D eigenvalue weighted by molar-refractivity contribution is 5.99. The number of carbonyl (C=O) groups excluding carboxylic acids is 1. The van der Waals surface area contributed by atoms with Crippen molar-refractivity contribution < 1.29 is 24.2 Å². The van der Waals surface area contributed by atoms with Crippen LogP contribution in [-0.2, 0) is 9.59 Å². The molecule has 1 N–H and O–H groups in total. The number of rotatable bonds is 3. The van der Waals surface area contributed by atoms with E-state index in [4.69, 9.17) is 9.47 Å². The highest BCUT2D eigenvalue weighted by Gasteiger charge is 2.42. The molecule has 2 aliphatic heterocycles. The van der Waals surface area contributed by atoms with Crippen LogP contribution in [0.25, 0.3) is 6.08 Å². The van der Waals surface area contributed by atoms with Crippen molar-refractivity contribution in [3.05, 3.63) is 29.3 Å². The van der Waals surface area contributed by atoms with Crippen LogP contribution in [0.15, 0.2) is 23.8 Å². The molecule has 0 radical (unpaired) electrons. The molecule has 1 amide bonds. The Morgan fingerprint density at radius 1 is 1.39 bits per heavy atom. The van der Waals surface area contributed by atoms with E-state index in [2.05, 4.69) is 0 Å². The fourth-order valence-corrected chi connectivity index (χ4v) is 2.92. The van der Waals surface area contributed by atoms with E-state index in [-0.39, 0.29) is 19.1 Å². The summed E-state index contributed by atoms with van der Waals surface area (Å²) in [5, 5.41) is 9.28. The zero-order chi connectivity index (χ0) is 16.6. The summed E-state index contributed by atoms with van der Waals surface area (Å²) in [6.07, 6.45) is 2.26. The van der Waals surface area contributed by atoms with Crippen molar-refractivity contribution in [1.82, 2.24) is 4.90 Å². The van der Waals surface area contributed by atoms with E-state index in [1.54, 1.807) is 31.1 Å². The van der Waals surface area contributed by atoms with Crippen LogP contribution in [0.4, 0.5) is 0 Å². The van der Waals surface area contributed by atoms with Gasteiger partial charge in [0.25, 0.3) is 5.91 Å². The molecule has 6 nitrogen and oxygen atoms in total. The van der Waals surface area contributed by atoms with Crippen molar-refractivity contribution in [3.63, 3.8) is 0 Å². The minimum Gasteiger partial charge on any atom is -0.497 e. The molecule has 1 atom stereocenters. The molecular weight excluding hydrogens is 298 g/mol. The molecule has 1 aromatic carbocycles. The summed E-state index contributed by atoms with van der Waals surface area (Å²) in [6.45, 7) is 2.54. The van der Waals surface area contributed by atoms with Gasteiger partial charge >= 0.3 is 5.97 Å². The topological polar surface area (TPSA) is 76.1 Å². The Kier molecular flexibility index (Phi) is 3.75. The van der Waals surface area contributed by atoms with E-state index < -0.39 is 11.4 Å². The summed E-state index contributed by atoms with van der Waals surface area (Å²) < 4.78 is 10.8. The van der Waals surface area contributed by atoms with Crippen molar-refractivity contribution in [1.29, 1.82) is 0 Å². The Bertz CT molecular complexity index is 696. The maximum absolute atomic E-state index is 12.6. The first kappa shape index (κ1) is 15.4. The van der Waals surface area contributed by atoms with Crippen LogP contribution < -0.4 is 9.47 Å². The molecule has 2 heterocycles. The zero-order valence-corrected chi connectivity index (χ0v) is 13.2. The van der Waals surface area contributed by atoms with Crippen molar-refractivity contribution in [2.24, 2.45) is 5.41 Å². The molecular formula is C17H19NO5. The molecule has 1 saturated heterocycles. The smallest absolute Gasteiger partial charge is 0.311 e. The van der Waals surface area contributed by atoms with Crippen molar-refractivity contribution in [3.8, 4) is 11.5 Å². The van der Waals surface area contributed by atoms with Crippen LogP contribution in [0.1, 0.15) is 18.9 Å². The summed E-state index contributed by atoms with van der Waals surface area (Å²) in [5.74, 6) is 0.372. The van der Waals surface area contributed by atoms with Gasteiger partial charge in [-0.1, -0.05) is 0 Å². The first-order chi connectivity index (χ1) is 10.9. The lowest BCUT2D eigenvalue weighted by molar-refractivity contribution is -0.147. The molecule has 1 fully saturated rings. The number of carbonyl (C=O) groups is 2. The number of carboxylic acids is 1. The quantitative estimate of drug-likeness (QED) is 0.920. The first-order valence-corrected chi connectivity index (χ1v) is 7.47. The molecule has 0 bridgehead atoms. The SMILES string of the molecule is COc1ccc2c(c1)C=C(C(=O)N1CCC(C)(C(=O)O)C1)CO2. The van der Waals surface area contributed by atoms with E-state index in [0.717, 1.165) is 5.56 Å². The van der Waals surface area contributed by atoms with Crippen LogP contribution in [-0.4, -0.2) is 48.7 Å². The Morgan fingerprint density at radius 3 is 2.83 bits per heavy atom. The summed E-state index contributed by atoms with van der Waals surface area (Å²) in [4.78, 5) is 25.5. The predicted molar refractivity (Wildman–Crippen MR) is 83.4 cm³/mol. The second-order valence-electron chi connectivity index (χ2n) is 6.20. The Hall–Kier alpha value is -2.50. The van der Waals surface area contributed by atoms with Gasteiger partial charge in [0.05, 0.1) is 18.1 Å². The van der Waals surface area contributed by atoms with Crippen molar-refractivity contribution in [2.45, 2.75) is 13.3 Å². The molecule has 23 heavy (non-hydrogen) atoms. The number of aliphatic carboxylic acids is 1. The van der Waals surface area contributed by atoms with Crippen molar-refractivity contribution >= 4 is 18.0 Å². The third kappa shape index (κ3) is 2.76. The van der Waals surface area contributed by atoms with Crippen LogP contribution >= 0.6 is 0 Å². The fourth-order valence-electron chi connectivity index (χ4n) is 2.92. The van der Waals surface area contributed by atoms with Crippen LogP contribution in [0.2, 0.25) is 0 Å². The molecule has 122 valence electrons. The lowest BCUT2D eigenvalue weighted by Gasteiger charge is -2.23. The van der Waals surface area contributed by atoms with Gasteiger partial charge in [-0.3, -0.25) is 9.59 Å². The molecule has 0 aromatic heterocycles. The summed E-state index contributed by atoms with van der Waals surface area (Å²) in [7, 11) is 1.58. The average molecular weight is 317 g/mol. The Morgan fingerprint density at radius 2 is 2.17 bits per heavy atom. The highest BCUT2D eigenvalue weighted by atomic mass is 16.5. The summed E-state index contributed by atoms with van der Waals surface area (Å²) >= 11 is 0. The normalized spacial score (nSPS) is 22.9. The van der Waals surface area contributed by atoms with Gasteiger partial charge in [-0.15, -0.1) is 0 Å². The first-order valence-electron chi connectivity index (χ1n) is 7.47. The Labute approximate surface area is 134 Å². The minimum atomic E-state index is -0.868. The van der Waals surface area contributed by atoms with E-state index in [9.17, 15) is 14.7 Å². The number of hydrogen-bond donors (Lipinski definition) is 1. The standard InChI is InChI=1S/C17H19NO5/c1-17(16(20)21)5-6-18(10-17)15(19)12-7-11-8-13(22-2)3-4-14(11)23-9-12/h3-4,7-8H,5-6,9-10H2,1-2H3,(H,20,21). The van der Waals surface area contributed by atoms with Gasteiger partial charge in [0.2, 0.25) is 0 Å². The molecule has 0 spiro atoms. The number of amides is 1. The van der Waals surface area contributed by atoms with Gasteiger partial charge < -0.3 is 19.5 Å². The average Bonchev–Trinajstić information content (AvgIpc) is 2.97. The number of benzene rings is 1. The van der Waals surface area contributed by atoms with Gasteiger partial charge in [-0.25, -0.2) is 0 Å². The molecule has 0 aliphatic carbocycles. The molecule has 3 rings (SSSR count). The Balaban J connectivity index is 1.81. The number of likely N-dealkylation sites (tertiary alicyclic amines) is 1. The lowest BCUT2D eigenvalue weighted by atomic mass is 9.90. The zero-order valence-electron chi connectivity index (χ0n) is 13.2. The molecule has 6 heteroatoms. The maximum Gasteiger partial charge on any atom is 0.311 e. The number of ether oxygens (including phenoxy) is 2. The molecule has 1 aromatic rings. The molecule has 0 saturated carbocycles. The largest absolute Gasteiger partial charge is 0.497 e. The second kappa shape index (κ2) is 5.61. The maximum atomic E-state index is 12.6. The number of fused-ring (bicyclic) bond motifs is 1. The highest BCUT2D eigenvalue weighted by Crippen LogP contribution is 2.33. The number of methoxy groups -OCH3 is 1. The number of carboxylic acid groups (broad SMARTS) is 1. The third-order valence-corrected chi connectivity index (χ3v) is 4.48. The molecule has 2 aliphatic rings. The van der Waals surface area contributed by atoms with Gasteiger partial charge in [0.1, 0.15) is 18.1 Å². The summed E-state index contributed by atoms with van der Waals surface area (Å²) in [6, 6.07) is 5.43. The summed E-state index contributed by atoms with van der Waals surface area (Å²) in [5.41, 5.74) is 0.451. The minimum absolute atomic E-state index is 0.163. The van der Waals surface area contributed by atoms with Crippen LogP contribution in [0.3, 0.4) is 0 Å². The lowest BCUT2D eigenvalue weighted by Crippen LogP contribution is -2.36. The fraction of sp³-hybridized carbons (Fsp3) is 0.412.